The van der Waals surface area contributed by atoms with Crippen LogP contribution in [0.5, 0.6) is 0 Å². The Kier molecular flexibility index (Phi) is 3.36. The van der Waals surface area contributed by atoms with Crippen LogP contribution in [0, 0.1) is 0 Å². The minimum Gasteiger partial charge on any atom is -0.396 e. The van der Waals surface area contributed by atoms with Gasteiger partial charge in [-0.25, -0.2) is 4.98 Å². The van der Waals surface area contributed by atoms with E-state index in [1.165, 1.54) is 0 Å². The highest BCUT2D eigenvalue weighted by molar-refractivity contribution is 5.64. The van der Waals surface area contributed by atoms with Crippen LogP contribution in [-0.2, 0) is 6.18 Å². The average Bonchev–Trinajstić information content (AvgIpc) is 2.29. The summed E-state index contributed by atoms with van der Waals surface area (Å²) in [5.41, 5.74) is 5.01. The lowest BCUT2D eigenvalue weighted by molar-refractivity contribution is -0.137. The van der Waals surface area contributed by atoms with Crippen molar-refractivity contribution >= 4 is 11.5 Å². The number of nitrogens with zero attached hydrogens (tertiary/aromatic N) is 2. The first kappa shape index (κ1) is 13.0. The van der Waals surface area contributed by atoms with Crippen LogP contribution in [0.25, 0.3) is 0 Å². The van der Waals surface area contributed by atoms with Gasteiger partial charge >= 0.3 is 6.18 Å². The minimum atomic E-state index is -4.40. The molecule has 1 aromatic rings. The van der Waals surface area contributed by atoms with Crippen molar-refractivity contribution < 1.29 is 13.2 Å². The molecule has 3 nitrogen and oxygen atoms in total. The Labute approximate surface area is 104 Å². The van der Waals surface area contributed by atoms with E-state index in [1.807, 2.05) is 11.8 Å². The highest BCUT2D eigenvalue weighted by Crippen LogP contribution is 2.34. The van der Waals surface area contributed by atoms with E-state index in [9.17, 15) is 13.2 Å². The molecule has 0 spiro atoms. The van der Waals surface area contributed by atoms with Gasteiger partial charge in [0.25, 0.3) is 0 Å². The zero-order chi connectivity index (χ0) is 13.3. The normalized spacial score (nSPS) is 21.1. The van der Waals surface area contributed by atoms with Gasteiger partial charge in [-0.15, -0.1) is 0 Å². The maximum absolute atomic E-state index is 12.5. The summed E-state index contributed by atoms with van der Waals surface area (Å²) in [5, 5.41) is 0. The van der Waals surface area contributed by atoms with E-state index < -0.39 is 11.7 Å². The van der Waals surface area contributed by atoms with Crippen LogP contribution in [0.15, 0.2) is 12.3 Å². The summed E-state index contributed by atoms with van der Waals surface area (Å²) >= 11 is 0. The van der Waals surface area contributed by atoms with E-state index in [2.05, 4.69) is 4.98 Å². The summed E-state index contributed by atoms with van der Waals surface area (Å²) in [6.07, 6.45) is -0.368. The lowest BCUT2D eigenvalue weighted by Crippen LogP contribution is -2.38. The standard InChI is InChI=1S/C12H16F3N3/c1-8-4-2-3-5-18(8)11-10(16)6-9(7-17-11)12(13,14)15/h6-8H,2-5,16H2,1H3. The van der Waals surface area contributed by atoms with Crippen LogP contribution in [0.2, 0.25) is 0 Å². The van der Waals surface area contributed by atoms with E-state index in [0.717, 1.165) is 38.1 Å². The van der Waals surface area contributed by atoms with Crippen LogP contribution in [0.3, 0.4) is 0 Å². The summed E-state index contributed by atoms with van der Waals surface area (Å²) in [5.74, 6) is 0.468. The van der Waals surface area contributed by atoms with Gasteiger partial charge in [0, 0.05) is 18.8 Å². The zero-order valence-electron chi connectivity index (χ0n) is 10.2. The number of rotatable bonds is 1. The van der Waals surface area contributed by atoms with Crippen molar-refractivity contribution in [1.29, 1.82) is 0 Å². The van der Waals surface area contributed by atoms with Crippen molar-refractivity contribution in [3.8, 4) is 0 Å². The summed E-state index contributed by atoms with van der Waals surface area (Å²) in [6.45, 7) is 2.84. The molecule has 2 heterocycles. The molecule has 0 amide bonds. The average molecular weight is 259 g/mol. The maximum atomic E-state index is 12.5. The number of nitrogen functional groups attached to an aromatic ring is 1. The third-order valence-corrected chi connectivity index (χ3v) is 3.30. The fourth-order valence-electron chi connectivity index (χ4n) is 2.28. The number of anilines is 2. The first-order valence-electron chi connectivity index (χ1n) is 5.99. The van der Waals surface area contributed by atoms with Gasteiger partial charge in [0.1, 0.15) is 0 Å². The Morgan fingerprint density at radius 3 is 2.67 bits per heavy atom. The molecule has 2 rings (SSSR count). The quantitative estimate of drug-likeness (QED) is 0.842. The summed E-state index contributed by atoms with van der Waals surface area (Å²) in [6, 6.07) is 1.23. The Morgan fingerprint density at radius 1 is 1.39 bits per heavy atom. The molecule has 0 saturated carbocycles. The van der Waals surface area contributed by atoms with Gasteiger partial charge in [-0.05, 0) is 32.3 Å². The van der Waals surface area contributed by atoms with Gasteiger partial charge in [0.05, 0.1) is 11.3 Å². The van der Waals surface area contributed by atoms with Crippen LogP contribution in [0.1, 0.15) is 31.7 Å². The molecule has 1 atom stereocenters. The highest BCUT2D eigenvalue weighted by Gasteiger charge is 2.32. The van der Waals surface area contributed by atoms with E-state index in [4.69, 9.17) is 5.73 Å². The fraction of sp³-hybridized carbons (Fsp3) is 0.583. The van der Waals surface area contributed by atoms with E-state index in [1.54, 1.807) is 0 Å². The number of hydrogen-bond acceptors (Lipinski definition) is 3. The summed E-state index contributed by atoms with van der Waals surface area (Å²) < 4.78 is 37.5. The van der Waals surface area contributed by atoms with Gasteiger partial charge < -0.3 is 10.6 Å². The Hall–Kier alpha value is -1.46. The molecule has 6 heteroatoms. The van der Waals surface area contributed by atoms with E-state index in [0.29, 0.717) is 5.82 Å². The van der Waals surface area contributed by atoms with Crippen molar-refractivity contribution in [3.05, 3.63) is 17.8 Å². The molecule has 1 unspecified atom stereocenters. The van der Waals surface area contributed by atoms with Gasteiger partial charge in [-0.1, -0.05) is 0 Å². The molecule has 0 aromatic carbocycles. The third kappa shape index (κ3) is 2.52. The second kappa shape index (κ2) is 4.66. The van der Waals surface area contributed by atoms with Gasteiger partial charge in [0.2, 0.25) is 0 Å². The molecule has 1 saturated heterocycles. The molecule has 100 valence electrons. The molecule has 0 aliphatic carbocycles. The molecular weight excluding hydrogens is 243 g/mol. The second-order valence-corrected chi connectivity index (χ2v) is 4.67. The van der Waals surface area contributed by atoms with Crippen molar-refractivity contribution in [1.82, 2.24) is 4.98 Å². The largest absolute Gasteiger partial charge is 0.417 e. The smallest absolute Gasteiger partial charge is 0.396 e. The summed E-state index contributed by atoms with van der Waals surface area (Å²) in [4.78, 5) is 5.88. The Morgan fingerprint density at radius 2 is 2.11 bits per heavy atom. The van der Waals surface area contributed by atoms with E-state index in [-0.39, 0.29) is 11.7 Å². The molecule has 1 fully saturated rings. The van der Waals surface area contributed by atoms with Gasteiger partial charge in [-0.2, -0.15) is 13.2 Å². The predicted octanol–water partition coefficient (Wildman–Crippen LogP) is 3.06. The van der Waals surface area contributed by atoms with Crippen LogP contribution >= 0.6 is 0 Å². The predicted molar refractivity (Wildman–Crippen MR) is 64.3 cm³/mol. The first-order valence-corrected chi connectivity index (χ1v) is 5.99. The highest BCUT2D eigenvalue weighted by atomic mass is 19.4. The van der Waals surface area contributed by atoms with Gasteiger partial charge in [-0.3, -0.25) is 0 Å². The lowest BCUT2D eigenvalue weighted by atomic mass is 10.0. The number of nitrogens with two attached hydrogens (primary N) is 1. The molecule has 0 bridgehead atoms. The first-order chi connectivity index (χ1) is 8.39. The number of hydrogen-bond donors (Lipinski definition) is 1. The van der Waals surface area contributed by atoms with E-state index >= 15 is 0 Å². The number of pyridine rings is 1. The van der Waals surface area contributed by atoms with Crippen molar-refractivity contribution in [3.63, 3.8) is 0 Å². The molecule has 1 aliphatic heterocycles. The number of aromatic nitrogens is 1. The third-order valence-electron chi connectivity index (χ3n) is 3.30. The van der Waals surface area contributed by atoms with Crippen LogP contribution in [0.4, 0.5) is 24.7 Å². The molecule has 2 N–H and O–H groups in total. The van der Waals surface area contributed by atoms with Crippen molar-refractivity contribution in [2.24, 2.45) is 0 Å². The van der Waals surface area contributed by atoms with Crippen molar-refractivity contribution in [2.75, 3.05) is 17.2 Å². The molecule has 1 aromatic heterocycles. The monoisotopic (exact) mass is 259 g/mol. The molecular formula is C12H16F3N3. The lowest BCUT2D eigenvalue weighted by Gasteiger charge is -2.35. The molecule has 18 heavy (non-hydrogen) atoms. The summed E-state index contributed by atoms with van der Waals surface area (Å²) in [7, 11) is 0. The zero-order valence-corrected chi connectivity index (χ0v) is 10.2. The number of piperidine rings is 1. The van der Waals surface area contributed by atoms with Crippen LogP contribution in [-0.4, -0.2) is 17.6 Å². The Balaban J connectivity index is 2.29. The fourth-order valence-corrected chi connectivity index (χ4v) is 2.28. The van der Waals surface area contributed by atoms with Crippen LogP contribution < -0.4 is 10.6 Å². The number of alkyl halides is 3. The minimum absolute atomic E-state index is 0.0959. The Bertz CT molecular complexity index is 431. The second-order valence-electron chi connectivity index (χ2n) is 4.67. The topological polar surface area (TPSA) is 42.2 Å². The SMILES string of the molecule is CC1CCCCN1c1ncc(C(F)(F)F)cc1N. The molecule has 1 aliphatic rings. The molecule has 0 radical (unpaired) electrons. The number of halogens is 3. The van der Waals surface area contributed by atoms with Gasteiger partial charge in [0.15, 0.2) is 5.82 Å². The maximum Gasteiger partial charge on any atom is 0.417 e. The van der Waals surface area contributed by atoms with Crippen molar-refractivity contribution in [2.45, 2.75) is 38.4 Å².